The third-order valence-electron chi connectivity index (χ3n) is 1.65. The summed E-state index contributed by atoms with van der Waals surface area (Å²) in [4.78, 5) is 0. The van der Waals surface area contributed by atoms with Crippen LogP contribution < -0.4 is 0 Å². The van der Waals surface area contributed by atoms with E-state index in [0.717, 1.165) is 11.5 Å². The Labute approximate surface area is 72.2 Å². The van der Waals surface area contributed by atoms with Crippen molar-refractivity contribution in [3.8, 4) is 12.3 Å². The lowest BCUT2D eigenvalue weighted by Gasteiger charge is -1.99. The monoisotopic (exact) mass is 164 g/mol. The van der Waals surface area contributed by atoms with Gasteiger partial charge in [0.05, 0.1) is 0 Å². The Hall–Kier alpha value is -1.20. The summed E-state index contributed by atoms with van der Waals surface area (Å²) in [6, 6.07) is 3.80. The molecule has 0 saturated heterocycles. The summed E-state index contributed by atoms with van der Waals surface area (Å²) >= 11 is 0. The predicted molar refractivity (Wildman–Crippen MR) is 46.6 cm³/mol. The molecule has 0 radical (unpaired) electrons. The minimum atomic E-state index is -0.657. The first-order valence-corrected chi connectivity index (χ1v) is 3.92. The molecule has 0 aliphatic rings. The number of aliphatic hydroxyl groups is 1. The number of aryl methyl sites for hydroxylation is 2. The Bertz CT molecular complexity index is 280. The number of terminal acetylenes is 1. The molecular formula is C10H12O2. The zero-order valence-corrected chi connectivity index (χ0v) is 7.08. The molecule has 0 aliphatic carbocycles. The Kier molecular flexibility index (Phi) is 2.95. The van der Waals surface area contributed by atoms with Crippen LogP contribution in [0.2, 0.25) is 0 Å². The molecule has 2 heteroatoms. The van der Waals surface area contributed by atoms with Crippen LogP contribution in [0.3, 0.4) is 0 Å². The quantitative estimate of drug-likeness (QED) is 0.687. The second kappa shape index (κ2) is 3.99. The number of furan rings is 1. The first-order chi connectivity index (χ1) is 5.72. The van der Waals surface area contributed by atoms with Gasteiger partial charge in [-0.2, -0.15) is 0 Å². The Morgan fingerprint density at radius 3 is 2.92 bits per heavy atom. The summed E-state index contributed by atoms with van der Waals surface area (Å²) in [5.41, 5.74) is 0. The smallest absolute Gasteiger partial charge is 0.114 e. The molecule has 0 saturated carbocycles. The average Bonchev–Trinajstić information content (AvgIpc) is 2.47. The summed E-state index contributed by atoms with van der Waals surface area (Å²) in [6.45, 7) is 1.89. The maximum Gasteiger partial charge on any atom is 0.114 e. The number of aliphatic hydroxyl groups excluding tert-OH is 1. The van der Waals surface area contributed by atoms with Gasteiger partial charge in [-0.05, 0) is 25.5 Å². The van der Waals surface area contributed by atoms with E-state index in [9.17, 15) is 0 Å². The summed E-state index contributed by atoms with van der Waals surface area (Å²) in [5, 5.41) is 9.05. The highest BCUT2D eigenvalue weighted by molar-refractivity contribution is 5.06. The fourth-order valence-corrected chi connectivity index (χ4v) is 0.982. The highest BCUT2D eigenvalue weighted by atomic mass is 16.3. The predicted octanol–water partition coefficient (Wildman–Crippen LogP) is 1.51. The highest BCUT2D eigenvalue weighted by Gasteiger charge is 2.02. The molecule has 0 spiro atoms. The summed E-state index contributed by atoms with van der Waals surface area (Å²) < 4.78 is 5.30. The molecule has 0 bridgehead atoms. The van der Waals surface area contributed by atoms with Crippen LogP contribution in [-0.2, 0) is 6.42 Å². The molecule has 12 heavy (non-hydrogen) atoms. The average molecular weight is 164 g/mol. The number of hydrogen-bond acceptors (Lipinski definition) is 2. The molecule has 1 N–H and O–H groups in total. The van der Waals surface area contributed by atoms with Crippen molar-refractivity contribution in [3.63, 3.8) is 0 Å². The van der Waals surface area contributed by atoms with Gasteiger partial charge in [0, 0.05) is 6.42 Å². The van der Waals surface area contributed by atoms with Crippen molar-refractivity contribution < 1.29 is 9.52 Å². The van der Waals surface area contributed by atoms with Gasteiger partial charge < -0.3 is 9.52 Å². The standard InChI is InChI=1S/C10H12O2/c1-3-9(11)5-7-10-6-4-8(2)12-10/h1,4,6,9,11H,5,7H2,2H3/t9-/m1/s1. The maximum absolute atomic E-state index is 9.05. The van der Waals surface area contributed by atoms with Gasteiger partial charge in [-0.1, -0.05) is 5.92 Å². The zero-order chi connectivity index (χ0) is 8.97. The lowest BCUT2D eigenvalue weighted by Crippen LogP contribution is -2.03. The van der Waals surface area contributed by atoms with Crippen molar-refractivity contribution in [2.45, 2.75) is 25.9 Å². The van der Waals surface area contributed by atoms with Gasteiger partial charge in [0.25, 0.3) is 0 Å². The van der Waals surface area contributed by atoms with E-state index < -0.39 is 6.10 Å². The summed E-state index contributed by atoms with van der Waals surface area (Å²) in [5.74, 6) is 4.02. The van der Waals surface area contributed by atoms with Crippen LogP contribution in [0.25, 0.3) is 0 Å². The van der Waals surface area contributed by atoms with Crippen LogP contribution in [0.4, 0.5) is 0 Å². The van der Waals surface area contributed by atoms with E-state index in [4.69, 9.17) is 15.9 Å². The SMILES string of the molecule is C#C[C@@H](O)CCc1ccc(C)o1. The Balaban J connectivity index is 2.39. The van der Waals surface area contributed by atoms with Crippen molar-refractivity contribution in [3.05, 3.63) is 23.7 Å². The minimum Gasteiger partial charge on any atom is -0.466 e. The van der Waals surface area contributed by atoms with E-state index in [2.05, 4.69) is 5.92 Å². The third-order valence-corrected chi connectivity index (χ3v) is 1.65. The second-order valence-electron chi connectivity index (χ2n) is 2.73. The summed E-state index contributed by atoms with van der Waals surface area (Å²) in [6.07, 6.45) is 5.61. The molecule has 1 atom stereocenters. The maximum atomic E-state index is 9.05. The van der Waals surface area contributed by atoms with Crippen molar-refractivity contribution in [1.29, 1.82) is 0 Å². The number of hydrogen-bond donors (Lipinski definition) is 1. The van der Waals surface area contributed by atoms with E-state index >= 15 is 0 Å². The molecule has 1 rings (SSSR count). The molecule has 1 heterocycles. The highest BCUT2D eigenvalue weighted by Crippen LogP contribution is 2.09. The zero-order valence-electron chi connectivity index (χ0n) is 7.08. The third kappa shape index (κ3) is 2.44. The molecule has 0 unspecified atom stereocenters. The molecule has 0 fully saturated rings. The Morgan fingerprint density at radius 1 is 1.67 bits per heavy atom. The van der Waals surface area contributed by atoms with Crippen LogP contribution in [0, 0.1) is 19.3 Å². The van der Waals surface area contributed by atoms with Crippen LogP contribution in [0.15, 0.2) is 16.5 Å². The van der Waals surface area contributed by atoms with Gasteiger partial charge in [-0.25, -0.2) is 0 Å². The van der Waals surface area contributed by atoms with Crippen LogP contribution in [0.1, 0.15) is 17.9 Å². The van der Waals surface area contributed by atoms with Gasteiger partial charge >= 0.3 is 0 Å². The molecule has 2 nitrogen and oxygen atoms in total. The Morgan fingerprint density at radius 2 is 2.42 bits per heavy atom. The van der Waals surface area contributed by atoms with Crippen LogP contribution in [0.5, 0.6) is 0 Å². The first-order valence-electron chi connectivity index (χ1n) is 3.92. The van der Waals surface area contributed by atoms with E-state index in [1.165, 1.54) is 0 Å². The van der Waals surface area contributed by atoms with E-state index in [1.807, 2.05) is 19.1 Å². The normalized spacial score (nSPS) is 12.4. The van der Waals surface area contributed by atoms with E-state index in [1.54, 1.807) is 0 Å². The molecule has 64 valence electrons. The van der Waals surface area contributed by atoms with Crippen molar-refractivity contribution in [2.24, 2.45) is 0 Å². The van der Waals surface area contributed by atoms with Crippen molar-refractivity contribution in [2.75, 3.05) is 0 Å². The largest absolute Gasteiger partial charge is 0.466 e. The van der Waals surface area contributed by atoms with Crippen LogP contribution in [-0.4, -0.2) is 11.2 Å². The van der Waals surface area contributed by atoms with Gasteiger partial charge in [-0.15, -0.1) is 6.42 Å². The minimum absolute atomic E-state index is 0.559. The first kappa shape index (κ1) is 8.89. The van der Waals surface area contributed by atoms with Gasteiger partial charge in [0.15, 0.2) is 0 Å². The fraction of sp³-hybridized carbons (Fsp3) is 0.400. The van der Waals surface area contributed by atoms with Gasteiger partial charge in [0.1, 0.15) is 17.6 Å². The number of rotatable bonds is 3. The second-order valence-corrected chi connectivity index (χ2v) is 2.73. The summed E-state index contributed by atoms with van der Waals surface area (Å²) in [7, 11) is 0. The van der Waals surface area contributed by atoms with Crippen LogP contribution >= 0.6 is 0 Å². The lowest BCUT2D eigenvalue weighted by molar-refractivity contribution is 0.219. The molecule has 1 aromatic heterocycles. The van der Waals surface area contributed by atoms with Gasteiger partial charge in [0.2, 0.25) is 0 Å². The molecule has 0 amide bonds. The topological polar surface area (TPSA) is 33.4 Å². The van der Waals surface area contributed by atoms with Crippen molar-refractivity contribution >= 4 is 0 Å². The molecular weight excluding hydrogens is 152 g/mol. The molecule has 0 aliphatic heterocycles. The molecule has 0 aromatic carbocycles. The molecule has 1 aromatic rings. The lowest BCUT2D eigenvalue weighted by atomic mass is 10.2. The van der Waals surface area contributed by atoms with E-state index in [0.29, 0.717) is 12.8 Å². The van der Waals surface area contributed by atoms with Crippen molar-refractivity contribution in [1.82, 2.24) is 0 Å². The van der Waals surface area contributed by atoms with E-state index in [-0.39, 0.29) is 0 Å². The fourth-order valence-electron chi connectivity index (χ4n) is 0.982. The van der Waals surface area contributed by atoms with Gasteiger partial charge in [-0.3, -0.25) is 0 Å².